The number of hydrogen-bond donors (Lipinski definition) is 3. The van der Waals surface area contributed by atoms with E-state index in [1.54, 1.807) is 6.92 Å². The van der Waals surface area contributed by atoms with E-state index in [-0.39, 0.29) is 28.2 Å². The molecule has 4 rings (SSSR count). The fourth-order valence-corrected chi connectivity index (χ4v) is 3.53. The fourth-order valence-electron chi connectivity index (χ4n) is 3.53. The molecule has 34 heavy (non-hydrogen) atoms. The minimum absolute atomic E-state index is 0. The molecular formula is C23H21F3N4O4. The number of para-hydroxylation sites is 1. The van der Waals surface area contributed by atoms with Crippen LogP contribution in [0.2, 0.25) is 0 Å². The molecule has 4 aromatic rings. The Balaban J connectivity index is 0.00000324. The highest BCUT2D eigenvalue weighted by molar-refractivity contribution is 5.93. The van der Waals surface area contributed by atoms with Crippen molar-refractivity contribution in [3.8, 4) is 16.9 Å². The number of nitrogens with one attached hydrogen (secondary N) is 1. The highest BCUT2D eigenvalue weighted by atomic mass is 19.1. The third-order valence-corrected chi connectivity index (χ3v) is 5.13. The average molecular weight is 474 g/mol. The molecule has 11 heteroatoms. The predicted molar refractivity (Wildman–Crippen MR) is 120 cm³/mol. The van der Waals surface area contributed by atoms with Gasteiger partial charge in [0.05, 0.1) is 24.9 Å². The number of aliphatic hydroxyl groups is 2. The van der Waals surface area contributed by atoms with E-state index in [9.17, 15) is 28.2 Å². The van der Waals surface area contributed by atoms with Crippen molar-refractivity contribution >= 4 is 17.0 Å². The van der Waals surface area contributed by atoms with Crippen LogP contribution >= 0.6 is 0 Å². The van der Waals surface area contributed by atoms with Gasteiger partial charge in [0.25, 0.3) is 5.56 Å². The summed E-state index contributed by atoms with van der Waals surface area (Å²) in [7, 11) is 0. The molecule has 0 amide bonds. The van der Waals surface area contributed by atoms with Gasteiger partial charge in [0, 0.05) is 17.0 Å². The van der Waals surface area contributed by atoms with E-state index in [0.717, 1.165) is 22.8 Å². The van der Waals surface area contributed by atoms with E-state index in [1.165, 1.54) is 30.3 Å². The third-order valence-electron chi connectivity index (χ3n) is 5.13. The van der Waals surface area contributed by atoms with Crippen LogP contribution in [0.3, 0.4) is 0 Å². The fraction of sp³-hybridized carbons (Fsp3) is 0.174. The van der Waals surface area contributed by atoms with Crippen molar-refractivity contribution in [2.45, 2.75) is 13.0 Å². The van der Waals surface area contributed by atoms with Gasteiger partial charge in [-0.1, -0.05) is 6.07 Å². The SMILES string of the molecule is Cc1cc(F)ccc1-c1nc(NC(CO)CO)nc2c1ccc(=O)n2-c1c(F)cccc1F.O. The zero-order chi connectivity index (χ0) is 23.7. The standard InChI is InChI=1S/C23H19F3N4O3.H2O/c1-12-9-13(24)5-6-15(12)20-16-7-8-19(33)30(21-17(25)3-2-4-18(21)26)22(16)29-23(28-20)27-14(10-31)11-32;/h2-9,14,31-32H,10-11H2,1H3,(H,27,28,29);1H2. The lowest BCUT2D eigenvalue weighted by molar-refractivity contribution is 0.203. The van der Waals surface area contributed by atoms with E-state index < -0.39 is 48.0 Å². The first kappa shape index (κ1) is 24.8. The molecule has 2 aromatic heterocycles. The van der Waals surface area contributed by atoms with Crippen molar-refractivity contribution in [3.05, 3.63) is 81.9 Å². The van der Waals surface area contributed by atoms with Crippen LogP contribution in [0.5, 0.6) is 0 Å². The van der Waals surface area contributed by atoms with Gasteiger partial charge in [-0.3, -0.25) is 9.36 Å². The maximum atomic E-state index is 14.6. The molecule has 0 spiro atoms. The number of anilines is 1. The van der Waals surface area contributed by atoms with Gasteiger partial charge in [0.15, 0.2) is 5.65 Å². The predicted octanol–water partition coefficient (Wildman–Crippen LogP) is 2.11. The monoisotopic (exact) mass is 474 g/mol. The molecule has 0 fully saturated rings. The van der Waals surface area contributed by atoms with Crippen LogP contribution in [0.15, 0.2) is 53.3 Å². The van der Waals surface area contributed by atoms with Crippen LogP contribution in [0, 0.1) is 24.4 Å². The lowest BCUT2D eigenvalue weighted by Gasteiger charge is -2.18. The van der Waals surface area contributed by atoms with Crippen LogP contribution in [0.1, 0.15) is 5.56 Å². The van der Waals surface area contributed by atoms with Gasteiger partial charge < -0.3 is 21.0 Å². The first-order valence-electron chi connectivity index (χ1n) is 9.97. The Bertz CT molecular complexity index is 1390. The molecule has 8 nitrogen and oxygen atoms in total. The molecule has 0 bridgehead atoms. The molecule has 178 valence electrons. The first-order valence-corrected chi connectivity index (χ1v) is 9.97. The highest BCUT2D eigenvalue weighted by Gasteiger charge is 2.21. The summed E-state index contributed by atoms with van der Waals surface area (Å²) < 4.78 is 43.8. The Kier molecular flexibility index (Phi) is 7.30. The molecule has 2 aromatic carbocycles. The maximum absolute atomic E-state index is 14.6. The normalized spacial score (nSPS) is 11.0. The van der Waals surface area contributed by atoms with Gasteiger partial charge in [-0.05, 0) is 48.9 Å². The zero-order valence-corrected chi connectivity index (χ0v) is 17.9. The second-order valence-electron chi connectivity index (χ2n) is 7.38. The summed E-state index contributed by atoms with van der Waals surface area (Å²) in [4.78, 5) is 21.5. The molecule has 0 saturated heterocycles. The Hall–Kier alpha value is -3.80. The van der Waals surface area contributed by atoms with Crippen LogP contribution in [-0.4, -0.2) is 49.5 Å². The van der Waals surface area contributed by atoms with E-state index >= 15 is 0 Å². The first-order chi connectivity index (χ1) is 15.8. The number of halogens is 3. The summed E-state index contributed by atoms with van der Waals surface area (Å²) in [5.74, 6) is -2.51. The lowest BCUT2D eigenvalue weighted by Crippen LogP contribution is -2.29. The largest absolute Gasteiger partial charge is 0.412 e. The van der Waals surface area contributed by atoms with E-state index in [4.69, 9.17) is 0 Å². The number of fused-ring (bicyclic) bond motifs is 1. The van der Waals surface area contributed by atoms with Crippen molar-refractivity contribution < 1.29 is 28.9 Å². The number of hydrogen-bond acceptors (Lipinski definition) is 6. The van der Waals surface area contributed by atoms with E-state index in [0.29, 0.717) is 11.1 Å². The van der Waals surface area contributed by atoms with Crippen LogP contribution in [-0.2, 0) is 0 Å². The van der Waals surface area contributed by atoms with Crippen molar-refractivity contribution in [1.29, 1.82) is 0 Å². The average Bonchev–Trinajstić information content (AvgIpc) is 2.78. The molecular weight excluding hydrogens is 453 g/mol. The summed E-state index contributed by atoms with van der Waals surface area (Å²) in [5, 5.41) is 21.9. The number of nitrogens with zero attached hydrogens (tertiary/aromatic N) is 3. The number of rotatable bonds is 6. The lowest BCUT2D eigenvalue weighted by atomic mass is 10.0. The number of benzene rings is 2. The van der Waals surface area contributed by atoms with Gasteiger partial charge >= 0.3 is 0 Å². The minimum Gasteiger partial charge on any atom is -0.412 e. The summed E-state index contributed by atoms with van der Waals surface area (Å²) in [6.45, 7) is 0.759. The summed E-state index contributed by atoms with van der Waals surface area (Å²) in [6, 6.07) is 8.96. The van der Waals surface area contributed by atoms with Crippen LogP contribution in [0.4, 0.5) is 19.1 Å². The number of aliphatic hydroxyl groups excluding tert-OH is 2. The van der Waals surface area contributed by atoms with Crippen molar-refractivity contribution in [2.24, 2.45) is 0 Å². The smallest absolute Gasteiger partial charge is 0.256 e. The summed E-state index contributed by atoms with van der Waals surface area (Å²) in [5.41, 5.74) is -0.177. The quantitative estimate of drug-likeness (QED) is 0.392. The Morgan fingerprint density at radius 3 is 2.29 bits per heavy atom. The molecule has 0 unspecified atom stereocenters. The summed E-state index contributed by atoms with van der Waals surface area (Å²) >= 11 is 0. The van der Waals surface area contributed by atoms with E-state index in [1.807, 2.05) is 0 Å². The van der Waals surface area contributed by atoms with Crippen molar-refractivity contribution in [2.75, 3.05) is 18.5 Å². The van der Waals surface area contributed by atoms with Gasteiger partial charge in [0.1, 0.15) is 23.1 Å². The van der Waals surface area contributed by atoms with Gasteiger partial charge in [-0.2, -0.15) is 4.98 Å². The van der Waals surface area contributed by atoms with Gasteiger partial charge in [0.2, 0.25) is 5.95 Å². The molecule has 0 aliphatic carbocycles. The molecule has 0 radical (unpaired) electrons. The number of aryl methyl sites for hydroxylation is 1. The molecule has 0 saturated carbocycles. The Morgan fingerprint density at radius 2 is 1.68 bits per heavy atom. The van der Waals surface area contributed by atoms with Crippen molar-refractivity contribution in [3.63, 3.8) is 0 Å². The molecule has 5 N–H and O–H groups in total. The Labute approximate surface area is 191 Å². The third kappa shape index (κ3) is 4.49. The van der Waals surface area contributed by atoms with Crippen molar-refractivity contribution in [1.82, 2.24) is 14.5 Å². The number of pyridine rings is 1. The van der Waals surface area contributed by atoms with Crippen LogP contribution in [0.25, 0.3) is 28.0 Å². The molecule has 0 aliphatic rings. The van der Waals surface area contributed by atoms with Gasteiger partial charge in [-0.25, -0.2) is 18.2 Å². The molecule has 0 atom stereocenters. The van der Waals surface area contributed by atoms with Crippen LogP contribution < -0.4 is 10.9 Å². The number of aromatic nitrogens is 3. The zero-order valence-electron chi connectivity index (χ0n) is 17.9. The molecule has 0 aliphatic heterocycles. The maximum Gasteiger partial charge on any atom is 0.256 e. The molecule has 2 heterocycles. The topological polar surface area (TPSA) is 132 Å². The summed E-state index contributed by atoms with van der Waals surface area (Å²) in [6.07, 6.45) is 0. The Morgan fingerprint density at radius 1 is 1.00 bits per heavy atom. The van der Waals surface area contributed by atoms with E-state index in [2.05, 4.69) is 15.3 Å². The highest BCUT2D eigenvalue weighted by Crippen LogP contribution is 2.31. The minimum atomic E-state index is -0.971. The second kappa shape index (κ2) is 10.00. The second-order valence-corrected chi connectivity index (χ2v) is 7.38. The van der Waals surface area contributed by atoms with Gasteiger partial charge in [-0.15, -0.1) is 0 Å².